The quantitative estimate of drug-likeness (QED) is 0.912. The number of hydrogen-bond acceptors (Lipinski definition) is 3. The molecule has 0 unspecified atom stereocenters. The lowest BCUT2D eigenvalue weighted by molar-refractivity contribution is -0.141. The summed E-state index contributed by atoms with van der Waals surface area (Å²) in [5.41, 5.74) is 2.33. The lowest BCUT2D eigenvalue weighted by atomic mass is 9.93. The maximum absolute atomic E-state index is 12.5. The first-order valence-corrected chi connectivity index (χ1v) is 9.33. The van der Waals surface area contributed by atoms with Crippen molar-refractivity contribution in [1.82, 2.24) is 10.2 Å². The van der Waals surface area contributed by atoms with E-state index in [4.69, 9.17) is 4.74 Å². The van der Waals surface area contributed by atoms with Crippen molar-refractivity contribution in [3.8, 4) is 0 Å². The number of hydrogen-bond donors (Lipinski definition) is 1. The smallest absolute Gasteiger partial charge is 0.225 e. The Morgan fingerprint density at radius 1 is 1.12 bits per heavy atom. The molecule has 5 heteroatoms. The summed E-state index contributed by atoms with van der Waals surface area (Å²) in [6.07, 6.45) is 3.18. The number of nitrogens with one attached hydrogen (secondary N) is 1. The van der Waals surface area contributed by atoms with Gasteiger partial charge in [-0.05, 0) is 38.2 Å². The van der Waals surface area contributed by atoms with E-state index in [1.165, 1.54) is 5.56 Å². The molecule has 2 heterocycles. The summed E-state index contributed by atoms with van der Waals surface area (Å²) >= 11 is 0. The van der Waals surface area contributed by atoms with Crippen LogP contribution in [0.15, 0.2) is 24.3 Å². The van der Waals surface area contributed by atoms with Gasteiger partial charge in [0.25, 0.3) is 0 Å². The van der Waals surface area contributed by atoms with Gasteiger partial charge in [0.05, 0.1) is 0 Å². The largest absolute Gasteiger partial charge is 0.381 e. The Hall–Kier alpha value is -1.88. The van der Waals surface area contributed by atoms with Gasteiger partial charge in [-0.3, -0.25) is 9.59 Å². The van der Waals surface area contributed by atoms with Crippen LogP contribution in [0.5, 0.6) is 0 Å². The Morgan fingerprint density at radius 3 is 2.52 bits per heavy atom. The van der Waals surface area contributed by atoms with Crippen molar-refractivity contribution >= 4 is 11.8 Å². The molecule has 2 saturated heterocycles. The normalized spacial score (nSPS) is 19.6. The molecule has 0 saturated carbocycles. The number of carbonyl (C=O) groups is 2. The van der Waals surface area contributed by atoms with Gasteiger partial charge in [-0.2, -0.15) is 0 Å². The highest BCUT2D eigenvalue weighted by molar-refractivity contribution is 5.81. The Labute approximate surface area is 149 Å². The number of likely N-dealkylation sites (tertiary alicyclic amines) is 1. The van der Waals surface area contributed by atoms with E-state index in [-0.39, 0.29) is 23.7 Å². The standard InChI is InChI=1S/C20H28N2O3/c1-15-3-2-4-16(13-15)14-21-19(23)17-5-9-22(10-6-17)20(24)18-7-11-25-12-8-18/h2-4,13,17-18H,5-12,14H2,1H3,(H,21,23). The SMILES string of the molecule is Cc1cccc(CNC(=O)C2CCN(C(=O)C3CCOCC3)CC2)c1. The molecule has 1 N–H and O–H groups in total. The molecule has 1 aromatic carbocycles. The first-order chi connectivity index (χ1) is 12.1. The van der Waals surface area contributed by atoms with Crippen LogP contribution in [0.2, 0.25) is 0 Å². The van der Waals surface area contributed by atoms with Crippen LogP contribution >= 0.6 is 0 Å². The molecule has 2 amide bonds. The molecule has 2 aliphatic rings. The number of piperidine rings is 1. The van der Waals surface area contributed by atoms with Gasteiger partial charge in [0.15, 0.2) is 0 Å². The van der Waals surface area contributed by atoms with E-state index in [1.54, 1.807) is 0 Å². The third kappa shape index (κ3) is 4.82. The van der Waals surface area contributed by atoms with Gasteiger partial charge in [-0.1, -0.05) is 29.8 Å². The minimum atomic E-state index is 0.0172. The first kappa shape index (κ1) is 17.9. The van der Waals surface area contributed by atoms with Crippen molar-refractivity contribution in [2.75, 3.05) is 26.3 Å². The van der Waals surface area contributed by atoms with Crippen LogP contribution in [0.1, 0.15) is 36.8 Å². The van der Waals surface area contributed by atoms with E-state index in [0.717, 1.165) is 31.2 Å². The molecule has 0 aromatic heterocycles. The molecule has 0 radical (unpaired) electrons. The van der Waals surface area contributed by atoms with Gasteiger partial charge in [0, 0.05) is 44.7 Å². The predicted octanol–water partition coefficient (Wildman–Crippen LogP) is 2.28. The zero-order chi connectivity index (χ0) is 17.6. The maximum atomic E-state index is 12.5. The number of carbonyl (C=O) groups excluding carboxylic acids is 2. The number of nitrogens with zero attached hydrogens (tertiary/aromatic N) is 1. The molecule has 0 aliphatic carbocycles. The fourth-order valence-electron chi connectivity index (χ4n) is 3.72. The average molecular weight is 344 g/mol. The number of ether oxygens (including phenoxy) is 1. The van der Waals surface area contributed by atoms with Crippen molar-refractivity contribution in [3.05, 3.63) is 35.4 Å². The van der Waals surface area contributed by atoms with Crippen LogP contribution in [-0.2, 0) is 20.9 Å². The van der Waals surface area contributed by atoms with Gasteiger partial charge in [0.1, 0.15) is 0 Å². The van der Waals surface area contributed by atoms with Crippen molar-refractivity contribution in [1.29, 1.82) is 0 Å². The molecule has 3 rings (SSSR count). The maximum Gasteiger partial charge on any atom is 0.225 e. The summed E-state index contributed by atoms with van der Waals surface area (Å²) in [6, 6.07) is 8.19. The van der Waals surface area contributed by atoms with Crippen LogP contribution in [0.25, 0.3) is 0 Å². The van der Waals surface area contributed by atoms with Gasteiger partial charge >= 0.3 is 0 Å². The number of rotatable bonds is 4. The minimum Gasteiger partial charge on any atom is -0.381 e. The predicted molar refractivity (Wildman–Crippen MR) is 95.9 cm³/mol. The summed E-state index contributed by atoms with van der Waals surface area (Å²) in [6.45, 7) is 5.39. The van der Waals surface area contributed by atoms with E-state index in [9.17, 15) is 9.59 Å². The fourth-order valence-corrected chi connectivity index (χ4v) is 3.72. The molecule has 0 bridgehead atoms. The molecule has 2 aliphatic heterocycles. The number of benzene rings is 1. The van der Waals surface area contributed by atoms with E-state index in [1.807, 2.05) is 17.0 Å². The lowest BCUT2D eigenvalue weighted by Crippen LogP contribution is -2.45. The highest BCUT2D eigenvalue weighted by Crippen LogP contribution is 2.23. The summed E-state index contributed by atoms with van der Waals surface area (Å²) in [7, 11) is 0. The third-order valence-corrected chi connectivity index (χ3v) is 5.30. The van der Waals surface area contributed by atoms with Crippen molar-refractivity contribution in [3.63, 3.8) is 0 Å². The van der Waals surface area contributed by atoms with E-state index >= 15 is 0 Å². The van der Waals surface area contributed by atoms with Gasteiger partial charge in [-0.25, -0.2) is 0 Å². The van der Waals surface area contributed by atoms with Crippen molar-refractivity contribution < 1.29 is 14.3 Å². The van der Waals surface area contributed by atoms with Gasteiger partial charge in [0.2, 0.25) is 11.8 Å². The Kier molecular flexibility index (Phi) is 6.08. The fraction of sp³-hybridized carbons (Fsp3) is 0.600. The monoisotopic (exact) mass is 344 g/mol. The summed E-state index contributed by atoms with van der Waals surface area (Å²) < 4.78 is 5.33. The van der Waals surface area contributed by atoms with E-state index < -0.39 is 0 Å². The highest BCUT2D eigenvalue weighted by atomic mass is 16.5. The van der Waals surface area contributed by atoms with Crippen LogP contribution in [0.4, 0.5) is 0 Å². The van der Waals surface area contributed by atoms with Crippen LogP contribution in [0, 0.1) is 18.8 Å². The number of aryl methyl sites for hydroxylation is 1. The summed E-state index contributed by atoms with van der Waals surface area (Å²) in [5, 5.41) is 3.04. The first-order valence-electron chi connectivity index (χ1n) is 9.33. The molecule has 25 heavy (non-hydrogen) atoms. The zero-order valence-corrected chi connectivity index (χ0v) is 15.0. The molecule has 2 fully saturated rings. The van der Waals surface area contributed by atoms with Crippen LogP contribution in [-0.4, -0.2) is 43.0 Å². The second-order valence-corrected chi connectivity index (χ2v) is 7.19. The van der Waals surface area contributed by atoms with Crippen molar-refractivity contribution in [2.24, 2.45) is 11.8 Å². The topological polar surface area (TPSA) is 58.6 Å². The van der Waals surface area contributed by atoms with Crippen LogP contribution in [0.3, 0.4) is 0 Å². The molecular formula is C20H28N2O3. The highest BCUT2D eigenvalue weighted by Gasteiger charge is 2.31. The average Bonchev–Trinajstić information content (AvgIpc) is 2.66. The lowest BCUT2D eigenvalue weighted by Gasteiger charge is -2.34. The van der Waals surface area contributed by atoms with Gasteiger partial charge in [-0.15, -0.1) is 0 Å². The molecule has 5 nitrogen and oxygen atoms in total. The molecule has 136 valence electrons. The molecular weight excluding hydrogens is 316 g/mol. The second kappa shape index (κ2) is 8.48. The number of amides is 2. The van der Waals surface area contributed by atoms with Crippen LogP contribution < -0.4 is 5.32 Å². The Balaban J connectivity index is 1.43. The molecule has 1 aromatic rings. The van der Waals surface area contributed by atoms with E-state index in [2.05, 4.69) is 24.4 Å². The Morgan fingerprint density at radius 2 is 1.84 bits per heavy atom. The molecule has 0 atom stereocenters. The van der Waals surface area contributed by atoms with Crippen molar-refractivity contribution in [2.45, 2.75) is 39.2 Å². The minimum absolute atomic E-state index is 0.0172. The molecule has 0 spiro atoms. The van der Waals surface area contributed by atoms with E-state index in [0.29, 0.717) is 32.8 Å². The van der Waals surface area contributed by atoms with Gasteiger partial charge < -0.3 is 15.0 Å². The Bertz CT molecular complexity index is 603. The summed E-state index contributed by atoms with van der Waals surface area (Å²) in [5.74, 6) is 0.491. The third-order valence-electron chi connectivity index (χ3n) is 5.30. The zero-order valence-electron chi connectivity index (χ0n) is 15.0. The summed E-state index contributed by atoms with van der Waals surface area (Å²) in [4.78, 5) is 26.9. The second-order valence-electron chi connectivity index (χ2n) is 7.19.